The lowest BCUT2D eigenvalue weighted by Gasteiger charge is -2.11. The molecule has 0 aromatic heterocycles. The van der Waals surface area contributed by atoms with Crippen LogP contribution in [0.5, 0.6) is 5.75 Å². The molecule has 1 atom stereocenters. The number of ether oxygens (including phenoxy) is 1. The van der Waals surface area contributed by atoms with E-state index in [9.17, 15) is 13.2 Å². The van der Waals surface area contributed by atoms with Gasteiger partial charge < -0.3 is 10.5 Å². The second-order valence-corrected chi connectivity index (χ2v) is 4.68. The number of thiol groups is 1. The summed E-state index contributed by atoms with van der Waals surface area (Å²) in [6, 6.07) is 4.97. The Morgan fingerprint density at radius 2 is 1.95 bits per heavy atom. The fourth-order valence-electron chi connectivity index (χ4n) is 1.55. The Morgan fingerprint density at radius 3 is 2.55 bits per heavy atom. The molecule has 2 N–H and O–H groups in total. The van der Waals surface area contributed by atoms with Gasteiger partial charge in [0.25, 0.3) is 0 Å². The summed E-state index contributed by atoms with van der Waals surface area (Å²) in [4.78, 5) is 0. The molecule has 1 aromatic rings. The van der Waals surface area contributed by atoms with E-state index in [1.807, 2.05) is 0 Å². The number of benzene rings is 1. The molecule has 1 aromatic carbocycles. The summed E-state index contributed by atoms with van der Waals surface area (Å²) >= 11 is 4.07. The average Bonchev–Trinajstić information content (AvgIpc) is 2.37. The first-order valence-electron chi connectivity index (χ1n) is 6.10. The highest BCUT2D eigenvalue weighted by Gasteiger charge is 2.30. The summed E-state index contributed by atoms with van der Waals surface area (Å²) in [5.74, 6) is 0.877. The van der Waals surface area contributed by atoms with Gasteiger partial charge in [-0.2, -0.15) is 25.8 Å². The van der Waals surface area contributed by atoms with Crippen molar-refractivity contribution >= 4 is 25.0 Å². The lowest BCUT2D eigenvalue weighted by molar-refractivity contribution is -0.137. The summed E-state index contributed by atoms with van der Waals surface area (Å²) in [5, 5.41) is 0. The summed E-state index contributed by atoms with van der Waals surface area (Å²) in [7, 11) is 0. The van der Waals surface area contributed by atoms with Gasteiger partial charge in [0.2, 0.25) is 0 Å². The maximum atomic E-state index is 12.5. The van der Waals surface area contributed by atoms with Gasteiger partial charge in [-0.1, -0.05) is 6.07 Å². The van der Waals surface area contributed by atoms with Gasteiger partial charge in [0.1, 0.15) is 5.75 Å². The SMILES string of the molecule is Cl.NC(CS)CCCCOc1cccc(C(F)(F)F)c1. The topological polar surface area (TPSA) is 35.2 Å². The third-order valence-corrected chi connectivity index (χ3v) is 3.10. The third-order valence-electron chi connectivity index (χ3n) is 2.63. The van der Waals surface area contributed by atoms with Crippen molar-refractivity contribution in [3.8, 4) is 5.75 Å². The molecule has 0 fully saturated rings. The highest BCUT2D eigenvalue weighted by Crippen LogP contribution is 2.31. The molecule has 0 amide bonds. The number of unbranched alkanes of at least 4 members (excludes halogenated alkanes) is 1. The number of hydrogen-bond donors (Lipinski definition) is 2. The van der Waals surface area contributed by atoms with Crippen LogP contribution in [0.3, 0.4) is 0 Å². The van der Waals surface area contributed by atoms with Crippen LogP contribution in [-0.2, 0) is 6.18 Å². The van der Waals surface area contributed by atoms with Gasteiger partial charge in [-0.05, 0) is 37.5 Å². The van der Waals surface area contributed by atoms with Crippen LogP contribution in [0.25, 0.3) is 0 Å². The van der Waals surface area contributed by atoms with Crippen molar-refractivity contribution in [3.05, 3.63) is 29.8 Å². The van der Waals surface area contributed by atoms with Crippen molar-refractivity contribution in [1.82, 2.24) is 0 Å². The fraction of sp³-hybridized carbons (Fsp3) is 0.538. The molecule has 0 spiro atoms. The van der Waals surface area contributed by atoms with E-state index in [-0.39, 0.29) is 24.2 Å². The van der Waals surface area contributed by atoms with Crippen LogP contribution in [0.15, 0.2) is 24.3 Å². The van der Waals surface area contributed by atoms with Crippen LogP contribution >= 0.6 is 25.0 Å². The second-order valence-electron chi connectivity index (χ2n) is 4.31. The number of halogens is 4. The Balaban J connectivity index is 0.00000361. The minimum absolute atomic E-state index is 0. The summed E-state index contributed by atoms with van der Waals surface area (Å²) in [6.45, 7) is 0.389. The zero-order valence-electron chi connectivity index (χ0n) is 10.9. The molecule has 1 rings (SSSR count). The number of nitrogens with two attached hydrogens (primary N) is 1. The Labute approximate surface area is 128 Å². The van der Waals surface area contributed by atoms with E-state index in [1.54, 1.807) is 0 Å². The summed E-state index contributed by atoms with van der Waals surface area (Å²) in [6.07, 6.45) is -1.85. The van der Waals surface area contributed by atoms with E-state index in [0.29, 0.717) is 12.4 Å². The molecule has 0 saturated heterocycles. The Bertz CT molecular complexity index is 390. The molecule has 2 nitrogen and oxygen atoms in total. The molecule has 20 heavy (non-hydrogen) atoms. The van der Waals surface area contributed by atoms with Crippen molar-refractivity contribution in [2.45, 2.75) is 31.5 Å². The molecule has 0 radical (unpaired) electrons. The molecule has 0 aliphatic carbocycles. The van der Waals surface area contributed by atoms with E-state index in [2.05, 4.69) is 12.6 Å². The maximum Gasteiger partial charge on any atom is 0.416 e. The molecule has 0 heterocycles. The molecule has 116 valence electrons. The highest BCUT2D eigenvalue weighted by molar-refractivity contribution is 7.80. The summed E-state index contributed by atoms with van der Waals surface area (Å²) < 4.78 is 42.7. The lowest BCUT2D eigenvalue weighted by Crippen LogP contribution is -2.21. The number of rotatable bonds is 7. The maximum absolute atomic E-state index is 12.5. The van der Waals surface area contributed by atoms with Crippen molar-refractivity contribution in [1.29, 1.82) is 0 Å². The van der Waals surface area contributed by atoms with E-state index in [1.165, 1.54) is 12.1 Å². The van der Waals surface area contributed by atoms with Crippen LogP contribution in [0.1, 0.15) is 24.8 Å². The Kier molecular flexibility index (Phi) is 9.09. The second kappa shape index (κ2) is 9.37. The van der Waals surface area contributed by atoms with Gasteiger partial charge in [-0.15, -0.1) is 12.4 Å². The Morgan fingerprint density at radius 1 is 1.25 bits per heavy atom. The molecule has 0 aliphatic rings. The first-order valence-corrected chi connectivity index (χ1v) is 6.73. The largest absolute Gasteiger partial charge is 0.494 e. The third kappa shape index (κ3) is 7.26. The standard InChI is InChI=1S/C13H18F3NOS.ClH/c14-13(15,16)10-4-3-6-12(8-10)18-7-2-1-5-11(17)9-19;/h3-4,6,8,11,19H,1-2,5,7,9,17H2;1H. The zero-order valence-corrected chi connectivity index (χ0v) is 12.6. The van der Waals surface area contributed by atoms with Gasteiger partial charge in [0, 0.05) is 11.8 Å². The smallest absolute Gasteiger partial charge is 0.416 e. The van der Waals surface area contributed by atoms with Crippen LogP contribution in [0.4, 0.5) is 13.2 Å². The normalized spacial score (nSPS) is 12.7. The molecule has 0 bridgehead atoms. The van der Waals surface area contributed by atoms with Gasteiger partial charge >= 0.3 is 6.18 Å². The van der Waals surface area contributed by atoms with Gasteiger partial charge in [-0.25, -0.2) is 0 Å². The quantitative estimate of drug-likeness (QED) is 0.587. The molecular weight excluding hydrogens is 311 g/mol. The highest BCUT2D eigenvalue weighted by atomic mass is 35.5. The zero-order chi connectivity index (χ0) is 14.3. The molecule has 1 unspecified atom stereocenters. The van der Waals surface area contributed by atoms with Crippen molar-refractivity contribution < 1.29 is 17.9 Å². The van der Waals surface area contributed by atoms with E-state index in [4.69, 9.17) is 10.5 Å². The van der Waals surface area contributed by atoms with E-state index < -0.39 is 11.7 Å². The average molecular weight is 330 g/mol. The molecular formula is C13H19ClF3NOS. The van der Waals surface area contributed by atoms with Crippen molar-refractivity contribution in [2.24, 2.45) is 5.73 Å². The predicted molar refractivity (Wildman–Crippen MR) is 79.9 cm³/mol. The first-order chi connectivity index (χ1) is 8.93. The van der Waals surface area contributed by atoms with Crippen LogP contribution in [0.2, 0.25) is 0 Å². The minimum atomic E-state index is -4.33. The molecule has 0 aliphatic heterocycles. The molecule has 0 saturated carbocycles. The Hall–Kier alpha value is -0.590. The number of hydrogen-bond acceptors (Lipinski definition) is 3. The van der Waals surface area contributed by atoms with Crippen LogP contribution in [-0.4, -0.2) is 18.4 Å². The van der Waals surface area contributed by atoms with Crippen LogP contribution < -0.4 is 10.5 Å². The van der Waals surface area contributed by atoms with E-state index >= 15 is 0 Å². The van der Waals surface area contributed by atoms with Crippen molar-refractivity contribution in [3.63, 3.8) is 0 Å². The lowest BCUT2D eigenvalue weighted by atomic mass is 10.1. The first kappa shape index (κ1) is 19.4. The summed E-state index contributed by atoms with van der Waals surface area (Å²) in [5.41, 5.74) is 5.00. The van der Waals surface area contributed by atoms with E-state index in [0.717, 1.165) is 31.4 Å². The van der Waals surface area contributed by atoms with Gasteiger partial charge in [-0.3, -0.25) is 0 Å². The van der Waals surface area contributed by atoms with Gasteiger partial charge in [0.05, 0.1) is 12.2 Å². The predicted octanol–water partition coefficient (Wildman–Crippen LogP) is 3.93. The minimum Gasteiger partial charge on any atom is -0.494 e. The fourth-order valence-corrected chi connectivity index (χ4v) is 1.73. The van der Waals surface area contributed by atoms with Gasteiger partial charge in [0.15, 0.2) is 0 Å². The monoisotopic (exact) mass is 329 g/mol. The van der Waals surface area contributed by atoms with Crippen LogP contribution in [0, 0.1) is 0 Å². The molecule has 7 heteroatoms. The van der Waals surface area contributed by atoms with Crippen molar-refractivity contribution in [2.75, 3.05) is 12.4 Å². The number of alkyl halides is 3.